The van der Waals surface area contributed by atoms with Crippen LogP contribution in [0.5, 0.6) is 0 Å². The van der Waals surface area contributed by atoms with Crippen molar-refractivity contribution >= 4 is 27.5 Å². The maximum absolute atomic E-state index is 13.8. The lowest BCUT2D eigenvalue weighted by atomic mass is 9.92. The second-order valence-electron chi connectivity index (χ2n) is 3.97. The molecule has 1 unspecified atom stereocenters. The summed E-state index contributed by atoms with van der Waals surface area (Å²) in [6.45, 7) is 0. The molecule has 1 rings (SSSR count). The minimum atomic E-state index is -5.68. The highest BCUT2D eigenvalue weighted by Gasteiger charge is 2.60. The van der Waals surface area contributed by atoms with Gasteiger partial charge in [-0.2, -0.15) is 26.3 Å². The molecule has 120 valence electrons. The van der Waals surface area contributed by atoms with Gasteiger partial charge < -0.3 is 0 Å². The van der Waals surface area contributed by atoms with Crippen LogP contribution >= 0.6 is 27.5 Å². The third kappa shape index (κ3) is 3.99. The second kappa shape index (κ2) is 6.27. The maximum atomic E-state index is 13.8. The van der Waals surface area contributed by atoms with E-state index in [-0.39, 0.29) is 4.47 Å². The zero-order valence-corrected chi connectivity index (χ0v) is 12.1. The average molecular weight is 404 g/mol. The molecule has 0 aliphatic rings. The van der Waals surface area contributed by atoms with E-state index >= 15 is 0 Å². The van der Waals surface area contributed by atoms with Crippen LogP contribution < -0.4 is 11.3 Å². The number of nitrogens with two attached hydrogens (primary N) is 1. The van der Waals surface area contributed by atoms with E-state index in [1.54, 1.807) is 0 Å². The molecular weight excluding hydrogens is 396 g/mol. The van der Waals surface area contributed by atoms with Crippen LogP contribution in [0.15, 0.2) is 16.6 Å². The second-order valence-corrected chi connectivity index (χ2v) is 5.20. The fourth-order valence-corrected chi connectivity index (χ4v) is 2.19. The van der Waals surface area contributed by atoms with Gasteiger partial charge >= 0.3 is 12.4 Å². The first kappa shape index (κ1) is 18.5. The number of hydrogen-bond donors (Lipinski definition) is 2. The van der Waals surface area contributed by atoms with Crippen LogP contribution in [0.4, 0.5) is 30.7 Å². The third-order valence-corrected chi connectivity index (χ3v) is 3.88. The molecule has 1 aromatic rings. The molecule has 21 heavy (non-hydrogen) atoms. The SMILES string of the molecule is NNC(c1ccc(Br)c(Cl)c1F)C(C(F)(F)F)C(F)(F)F. The molecule has 0 heterocycles. The number of nitrogens with one attached hydrogen (secondary N) is 1. The molecule has 11 heteroatoms. The predicted molar refractivity (Wildman–Crippen MR) is 64.8 cm³/mol. The Morgan fingerprint density at radius 3 is 1.95 bits per heavy atom. The van der Waals surface area contributed by atoms with Gasteiger partial charge in [0.2, 0.25) is 0 Å². The van der Waals surface area contributed by atoms with Crippen LogP contribution in [0.3, 0.4) is 0 Å². The fourth-order valence-electron chi connectivity index (χ4n) is 1.71. The van der Waals surface area contributed by atoms with Crippen molar-refractivity contribution in [3.05, 3.63) is 33.0 Å². The fraction of sp³-hybridized carbons (Fsp3) is 0.400. The zero-order chi connectivity index (χ0) is 16.6. The zero-order valence-electron chi connectivity index (χ0n) is 9.79. The van der Waals surface area contributed by atoms with E-state index in [0.29, 0.717) is 0 Å². The summed E-state index contributed by atoms with van der Waals surface area (Å²) in [5.74, 6) is -0.526. The summed E-state index contributed by atoms with van der Waals surface area (Å²) in [6, 6.07) is -0.814. The highest BCUT2D eigenvalue weighted by Crippen LogP contribution is 2.47. The van der Waals surface area contributed by atoms with Gasteiger partial charge in [0, 0.05) is 10.0 Å². The molecule has 1 aromatic carbocycles. The van der Waals surface area contributed by atoms with Crippen molar-refractivity contribution < 1.29 is 30.7 Å². The smallest absolute Gasteiger partial charge is 0.271 e. The molecule has 1 atom stereocenters. The molecule has 0 saturated heterocycles. The first-order valence-electron chi connectivity index (χ1n) is 5.14. The van der Waals surface area contributed by atoms with Gasteiger partial charge in [-0.25, -0.2) is 4.39 Å². The van der Waals surface area contributed by atoms with Crippen LogP contribution in [-0.4, -0.2) is 12.4 Å². The van der Waals surface area contributed by atoms with Crippen LogP contribution in [0.25, 0.3) is 0 Å². The topological polar surface area (TPSA) is 38.0 Å². The summed E-state index contributed by atoms with van der Waals surface area (Å²) < 4.78 is 89.8. The Kier molecular flexibility index (Phi) is 5.51. The molecule has 0 aliphatic carbocycles. The van der Waals surface area contributed by atoms with Gasteiger partial charge in [-0.3, -0.25) is 11.3 Å². The lowest BCUT2D eigenvalue weighted by Crippen LogP contribution is -2.48. The molecule has 0 saturated carbocycles. The van der Waals surface area contributed by atoms with Gasteiger partial charge in [-0.1, -0.05) is 17.7 Å². The highest BCUT2D eigenvalue weighted by atomic mass is 79.9. The first-order chi connectivity index (χ1) is 9.41. The predicted octanol–water partition coefficient (Wildman–Crippen LogP) is 4.49. The van der Waals surface area contributed by atoms with Gasteiger partial charge in [-0.05, 0) is 22.0 Å². The van der Waals surface area contributed by atoms with E-state index in [1.165, 1.54) is 5.43 Å². The van der Waals surface area contributed by atoms with Crippen molar-refractivity contribution in [1.29, 1.82) is 0 Å². The molecule has 2 nitrogen and oxygen atoms in total. The Hall–Kier alpha value is -0.580. The summed E-state index contributed by atoms with van der Waals surface area (Å²) in [5.41, 5.74) is 0.426. The molecule has 0 spiro atoms. The van der Waals surface area contributed by atoms with Crippen molar-refractivity contribution in [2.75, 3.05) is 0 Å². The Balaban J connectivity index is 3.45. The maximum Gasteiger partial charge on any atom is 0.402 e. The lowest BCUT2D eigenvalue weighted by molar-refractivity contribution is -0.293. The minimum Gasteiger partial charge on any atom is -0.271 e. The summed E-state index contributed by atoms with van der Waals surface area (Å²) in [6.07, 6.45) is -11.4. The van der Waals surface area contributed by atoms with Crippen LogP contribution in [0.2, 0.25) is 5.02 Å². The van der Waals surface area contributed by atoms with Crippen molar-refractivity contribution in [1.82, 2.24) is 5.43 Å². The number of alkyl halides is 6. The van der Waals surface area contributed by atoms with E-state index < -0.39 is 40.7 Å². The molecule has 0 aliphatic heterocycles. The number of hydrazine groups is 1. The van der Waals surface area contributed by atoms with Crippen molar-refractivity contribution in [2.45, 2.75) is 18.4 Å². The summed E-state index contributed by atoms with van der Waals surface area (Å²) in [5, 5.41) is -0.643. The average Bonchev–Trinajstić information content (AvgIpc) is 2.30. The summed E-state index contributed by atoms with van der Waals surface area (Å²) >= 11 is 8.26. The number of rotatable bonds is 3. The quantitative estimate of drug-likeness (QED) is 0.338. The van der Waals surface area contributed by atoms with Crippen LogP contribution in [0, 0.1) is 11.7 Å². The summed E-state index contributed by atoms with van der Waals surface area (Å²) in [4.78, 5) is 0. The number of halogens is 9. The number of benzene rings is 1. The van der Waals surface area contributed by atoms with Gasteiger partial charge in [0.25, 0.3) is 0 Å². The largest absolute Gasteiger partial charge is 0.402 e. The van der Waals surface area contributed by atoms with E-state index in [1.807, 2.05) is 0 Å². The first-order valence-corrected chi connectivity index (χ1v) is 6.31. The number of hydrogen-bond acceptors (Lipinski definition) is 2. The third-order valence-electron chi connectivity index (χ3n) is 2.62. The van der Waals surface area contributed by atoms with Crippen molar-refractivity contribution in [3.63, 3.8) is 0 Å². The van der Waals surface area contributed by atoms with E-state index in [0.717, 1.165) is 12.1 Å². The monoisotopic (exact) mass is 402 g/mol. The van der Waals surface area contributed by atoms with Gasteiger partial charge in [0.05, 0.1) is 11.1 Å². The van der Waals surface area contributed by atoms with E-state index in [9.17, 15) is 30.7 Å². The van der Waals surface area contributed by atoms with Gasteiger partial charge in [0.15, 0.2) is 5.92 Å². The van der Waals surface area contributed by atoms with Gasteiger partial charge in [0.1, 0.15) is 5.82 Å². The standard InChI is InChI=1S/C10H7BrClF7N2/c11-4-2-1-3(6(13)5(4)12)7(21-20)8(9(14,15)16)10(17,18)19/h1-2,7-8,21H,20H2. The Bertz CT molecular complexity index is 503. The molecular formula is C10H7BrClF7N2. The Morgan fingerprint density at radius 2 is 1.57 bits per heavy atom. The molecule has 0 amide bonds. The summed E-state index contributed by atoms with van der Waals surface area (Å²) in [7, 11) is 0. The van der Waals surface area contributed by atoms with Crippen LogP contribution in [-0.2, 0) is 0 Å². The van der Waals surface area contributed by atoms with E-state index in [4.69, 9.17) is 17.4 Å². The van der Waals surface area contributed by atoms with Crippen LogP contribution in [0.1, 0.15) is 11.6 Å². The Labute approximate surface area is 127 Å². The molecule has 3 N–H and O–H groups in total. The molecule has 0 fully saturated rings. The van der Waals surface area contributed by atoms with Gasteiger partial charge in [-0.15, -0.1) is 0 Å². The lowest BCUT2D eigenvalue weighted by Gasteiger charge is -2.30. The van der Waals surface area contributed by atoms with E-state index in [2.05, 4.69) is 15.9 Å². The highest BCUT2D eigenvalue weighted by molar-refractivity contribution is 9.10. The van der Waals surface area contributed by atoms with Crippen molar-refractivity contribution in [2.24, 2.45) is 11.8 Å². The molecule has 0 aromatic heterocycles. The normalized spacial score (nSPS) is 14.6. The minimum absolute atomic E-state index is 0.0169. The molecule has 0 radical (unpaired) electrons. The van der Waals surface area contributed by atoms with Crippen molar-refractivity contribution in [3.8, 4) is 0 Å². The Morgan fingerprint density at radius 1 is 1.10 bits per heavy atom. The molecule has 0 bridgehead atoms.